The molecule has 1 amide bonds. The van der Waals surface area contributed by atoms with Crippen LogP contribution in [0.25, 0.3) is 21.8 Å². The quantitative estimate of drug-likeness (QED) is 0.304. The molecule has 0 aliphatic carbocycles. The third-order valence-corrected chi connectivity index (χ3v) is 6.60. The van der Waals surface area contributed by atoms with Crippen LogP contribution >= 0.6 is 11.9 Å². The summed E-state index contributed by atoms with van der Waals surface area (Å²) in [6.45, 7) is 2.54. The normalized spacial score (nSPS) is 11.1. The molecule has 5 nitrogen and oxygen atoms in total. The van der Waals surface area contributed by atoms with Gasteiger partial charge in [0.15, 0.2) is 0 Å². The fraction of sp³-hybridized carbons (Fsp3) is 0.107. The number of amides is 1. The van der Waals surface area contributed by atoms with Crippen LogP contribution in [-0.2, 0) is 13.0 Å². The minimum Gasteiger partial charge on any atom is -0.334 e. The van der Waals surface area contributed by atoms with Crippen LogP contribution in [0.4, 0.5) is 4.39 Å². The number of aryl methyl sites for hydroxylation is 1. The number of fused-ring (bicyclic) bond motifs is 3. The van der Waals surface area contributed by atoms with E-state index in [0.29, 0.717) is 18.5 Å². The SMILES string of the molecule is CCc1nc(C(=O)NSC(=O)c2ccccc2)cc2c3ccccc3n(Cc3ccc(F)cc3)c12. The standard InChI is InChI=1S/C28H22FN3O2S/c1-2-23-26-22(16-24(30-23)27(33)31-35-28(34)19-8-4-3-5-9-19)21-10-6-7-11-25(21)32(26)17-18-12-14-20(29)15-13-18/h3-16H,2,17H2,1H3,(H,31,33). The maximum atomic E-state index is 13.4. The van der Waals surface area contributed by atoms with E-state index in [1.807, 2.05) is 37.3 Å². The van der Waals surface area contributed by atoms with Crippen molar-refractivity contribution < 1.29 is 14.0 Å². The lowest BCUT2D eigenvalue weighted by molar-refractivity contribution is 0.0973. The zero-order valence-corrected chi connectivity index (χ0v) is 19.8. The van der Waals surface area contributed by atoms with E-state index in [1.165, 1.54) is 12.1 Å². The highest BCUT2D eigenvalue weighted by Crippen LogP contribution is 2.32. The highest BCUT2D eigenvalue weighted by atomic mass is 32.2. The largest absolute Gasteiger partial charge is 0.334 e. The zero-order valence-electron chi connectivity index (χ0n) is 19.0. The van der Waals surface area contributed by atoms with Crippen molar-refractivity contribution in [1.29, 1.82) is 0 Å². The van der Waals surface area contributed by atoms with Crippen LogP contribution in [0, 0.1) is 5.82 Å². The number of para-hydroxylation sites is 1. The molecule has 7 heteroatoms. The summed E-state index contributed by atoms with van der Waals surface area (Å²) in [5.41, 5.74) is 4.47. The molecular weight excluding hydrogens is 461 g/mol. The van der Waals surface area contributed by atoms with Gasteiger partial charge in [0.2, 0.25) is 5.12 Å². The van der Waals surface area contributed by atoms with E-state index in [0.717, 1.165) is 45.0 Å². The molecule has 0 spiro atoms. The van der Waals surface area contributed by atoms with Crippen molar-refractivity contribution in [3.05, 3.63) is 113 Å². The Kier molecular flexibility index (Phi) is 6.33. The van der Waals surface area contributed by atoms with Crippen LogP contribution in [-0.4, -0.2) is 20.6 Å². The van der Waals surface area contributed by atoms with E-state index in [9.17, 15) is 14.0 Å². The van der Waals surface area contributed by atoms with Crippen LogP contribution < -0.4 is 4.72 Å². The van der Waals surface area contributed by atoms with Gasteiger partial charge in [0.05, 0.1) is 11.2 Å². The Labute approximate surface area is 206 Å². The molecule has 1 N–H and O–H groups in total. The average molecular weight is 484 g/mol. The van der Waals surface area contributed by atoms with Crippen molar-refractivity contribution in [3.63, 3.8) is 0 Å². The third-order valence-electron chi connectivity index (χ3n) is 5.89. The van der Waals surface area contributed by atoms with E-state index >= 15 is 0 Å². The first-order valence-electron chi connectivity index (χ1n) is 11.3. The molecule has 5 aromatic rings. The zero-order chi connectivity index (χ0) is 24.4. The van der Waals surface area contributed by atoms with Crippen molar-refractivity contribution in [3.8, 4) is 0 Å². The summed E-state index contributed by atoms with van der Waals surface area (Å²) >= 11 is 0.749. The Bertz CT molecular complexity index is 1550. The van der Waals surface area contributed by atoms with Gasteiger partial charge in [-0.2, -0.15) is 0 Å². The lowest BCUT2D eigenvalue weighted by atomic mass is 10.1. The molecule has 5 rings (SSSR count). The lowest BCUT2D eigenvalue weighted by Crippen LogP contribution is -2.20. The number of carbonyl (C=O) groups excluding carboxylic acids is 2. The van der Waals surface area contributed by atoms with Crippen molar-refractivity contribution >= 4 is 44.8 Å². The first kappa shape index (κ1) is 22.8. The van der Waals surface area contributed by atoms with Gasteiger partial charge in [0.1, 0.15) is 11.5 Å². The summed E-state index contributed by atoms with van der Waals surface area (Å²) in [6, 6.07) is 25.0. The minimum absolute atomic E-state index is 0.244. The van der Waals surface area contributed by atoms with Gasteiger partial charge >= 0.3 is 0 Å². The number of halogens is 1. The van der Waals surface area contributed by atoms with Crippen LogP contribution in [0.3, 0.4) is 0 Å². The molecule has 3 aromatic carbocycles. The Morgan fingerprint density at radius 3 is 2.40 bits per heavy atom. The second-order valence-corrected chi connectivity index (χ2v) is 8.90. The summed E-state index contributed by atoms with van der Waals surface area (Å²) in [7, 11) is 0. The highest BCUT2D eigenvalue weighted by molar-refractivity contribution is 8.12. The average Bonchev–Trinajstić information content (AvgIpc) is 3.21. The van der Waals surface area contributed by atoms with Gasteiger partial charge in [0, 0.05) is 40.3 Å². The van der Waals surface area contributed by atoms with Crippen LogP contribution in [0.5, 0.6) is 0 Å². The van der Waals surface area contributed by atoms with Gasteiger partial charge in [-0.1, -0.05) is 67.6 Å². The molecule has 0 saturated carbocycles. The summed E-state index contributed by atoms with van der Waals surface area (Å²) in [4.78, 5) is 30.0. The lowest BCUT2D eigenvalue weighted by Gasteiger charge is -2.11. The molecule has 0 saturated heterocycles. The van der Waals surface area contributed by atoms with E-state index in [1.54, 1.807) is 42.5 Å². The van der Waals surface area contributed by atoms with Crippen molar-refractivity contribution in [2.24, 2.45) is 0 Å². The smallest absolute Gasteiger partial charge is 0.280 e. The summed E-state index contributed by atoms with van der Waals surface area (Å²) in [6.07, 6.45) is 0.619. The van der Waals surface area contributed by atoms with Gasteiger partial charge in [0.25, 0.3) is 5.91 Å². The summed E-state index contributed by atoms with van der Waals surface area (Å²) in [5.74, 6) is -0.697. The number of pyridine rings is 1. The number of carbonyl (C=O) groups is 2. The molecule has 174 valence electrons. The number of rotatable bonds is 5. The number of nitrogens with one attached hydrogen (secondary N) is 1. The highest BCUT2D eigenvalue weighted by Gasteiger charge is 2.19. The first-order valence-corrected chi connectivity index (χ1v) is 12.1. The van der Waals surface area contributed by atoms with E-state index in [-0.39, 0.29) is 16.6 Å². The van der Waals surface area contributed by atoms with Crippen LogP contribution in [0.15, 0.2) is 84.9 Å². The van der Waals surface area contributed by atoms with Crippen molar-refractivity contribution in [2.75, 3.05) is 0 Å². The van der Waals surface area contributed by atoms with Crippen molar-refractivity contribution in [1.82, 2.24) is 14.3 Å². The maximum absolute atomic E-state index is 13.4. The Morgan fingerprint density at radius 2 is 1.66 bits per heavy atom. The Morgan fingerprint density at radius 1 is 0.943 bits per heavy atom. The van der Waals surface area contributed by atoms with Crippen molar-refractivity contribution in [2.45, 2.75) is 19.9 Å². The van der Waals surface area contributed by atoms with E-state index in [2.05, 4.69) is 14.3 Å². The van der Waals surface area contributed by atoms with Gasteiger partial charge in [-0.05, 0) is 36.2 Å². The topological polar surface area (TPSA) is 64.0 Å². The molecule has 35 heavy (non-hydrogen) atoms. The number of benzene rings is 3. The number of aromatic nitrogens is 2. The first-order chi connectivity index (χ1) is 17.0. The summed E-state index contributed by atoms with van der Waals surface area (Å²) in [5, 5.41) is 1.68. The molecule has 2 aromatic heterocycles. The molecule has 0 unspecified atom stereocenters. The fourth-order valence-electron chi connectivity index (χ4n) is 4.23. The second-order valence-electron chi connectivity index (χ2n) is 8.12. The molecular formula is C28H22FN3O2S. The van der Waals surface area contributed by atoms with Gasteiger partial charge in [-0.15, -0.1) is 0 Å². The van der Waals surface area contributed by atoms with E-state index < -0.39 is 5.91 Å². The molecule has 0 radical (unpaired) electrons. The van der Waals surface area contributed by atoms with Crippen LogP contribution in [0.1, 0.15) is 39.0 Å². The molecule has 0 aliphatic heterocycles. The number of hydrogen-bond acceptors (Lipinski definition) is 4. The summed E-state index contributed by atoms with van der Waals surface area (Å²) < 4.78 is 18.2. The number of hydrogen-bond donors (Lipinski definition) is 1. The van der Waals surface area contributed by atoms with E-state index in [4.69, 9.17) is 0 Å². The van der Waals surface area contributed by atoms with Gasteiger partial charge in [-0.3, -0.25) is 14.3 Å². The van der Waals surface area contributed by atoms with Gasteiger partial charge < -0.3 is 4.57 Å². The molecule has 0 bridgehead atoms. The monoisotopic (exact) mass is 483 g/mol. The molecule has 2 heterocycles. The predicted molar refractivity (Wildman–Crippen MR) is 138 cm³/mol. The van der Waals surface area contributed by atoms with Crippen LogP contribution in [0.2, 0.25) is 0 Å². The molecule has 0 fully saturated rings. The Hall–Kier alpha value is -3.97. The van der Waals surface area contributed by atoms with Gasteiger partial charge in [-0.25, -0.2) is 9.37 Å². The molecule has 0 aliphatic rings. The number of nitrogens with zero attached hydrogens (tertiary/aromatic N) is 2. The third kappa shape index (κ3) is 4.55. The fourth-order valence-corrected chi connectivity index (χ4v) is 4.78. The molecule has 0 atom stereocenters. The maximum Gasteiger partial charge on any atom is 0.280 e. The Balaban J connectivity index is 1.53. The minimum atomic E-state index is -0.425. The predicted octanol–water partition coefficient (Wildman–Crippen LogP) is 6.16. The second kappa shape index (κ2) is 9.72.